The van der Waals surface area contributed by atoms with Gasteiger partial charge in [-0.3, -0.25) is 14.9 Å². The van der Waals surface area contributed by atoms with Crippen LogP contribution < -0.4 is 14.8 Å². The van der Waals surface area contributed by atoms with Crippen LogP contribution in [0.25, 0.3) is 0 Å². The summed E-state index contributed by atoms with van der Waals surface area (Å²) in [6.45, 7) is -0.281. The molecule has 0 spiro atoms. The summed E-state index contributed by atoms with van der Waals surface area (Å²) in [6.07, 6.45) is -0.354. The standard InChI is InChI=1S/C11H12FN3O6S/c1-21-10-3-7(12)8(15(17)18)4-9(10)14-5-6(2-11(14)16)22(13,19)20/h3-4,6H,2,5H2,1H3,(H2,13,19,20). The Morgan fingerprint density at radius 3 is 2.59 bits per heavy atom. The summed E-state index contributed by atoms with van der Waals surface area (Å²) in [7, 11) is -2.75. The third kappa shape index (κ3) is 2.85. The number of nitrogens with two attached hydrogens (primary N) is 1. The highest BCUT2D eigenvalue weighted by Crippen LogP contribution is 2.37. The molecule has 1 atom stereocenters. The number of hydrogen-bond acceptors (Lipinski definition) is 6. The Balaban J connectivity index is 2.50. The summed E-state index contributed by atoms with van der Waals surface area (Å²) >= 11 is 0. The minimum Gasteiger partial charge on any atom is -0.494 e. The molecule has 1 fully saturated rings. The Kier molecular flexibility index (Phi) is 4.02. The van der Waals surface area contributed by atoms with Crippen molar-refractivity contribution in [3.63, 3.8) is 0 Å². The maximum Gasteiger partial charge on any atom is 0.307 e. The Hall–Kier alpha value is -2.27. The van der Waals surface area contributed by atoms with Gasteiger partial charge in [0.1, 0.15) is 11.0 Å². The van der Waals surface area contributed by atoms with E-state index in [0.717, 1.165) is 17.0 Å². The summed E-state index contributed by atoms with van der Waals surface area (Å²) in [5.41, 5.74) is -0.922. The first-order valence-corrected chi connectivity index (χ1v) is 7.60. The van der Waals surface area contributed by atoms with Crippen LogP contribution in [0, 0.1) is 15.9 Å². The molecule has 1 saturated heterocycles. The van der Waals surface area contributed by atoms with Gasteiger partial charge in [0.2, 0.25) is 21.7 Å². The molecule has 0 saturated carbocycles. The van der Waals surface area contributed by atoms with Crippen molar-refractivity contribution in [2.24, 2.45) is 5.14 Å². The fraction of sp³-hybridized carbons (Fsp3) is 0.364. The van der Waals surface area contributed by atoms with Gasteiger partial charge in [-0.15, -0.1) is 0 Å². The molecule has 1 heterocycles. The summed E-state index contributed by atoms with van der Waals surface area (Å²) in [5, 5.41) is 14.7. The molecule has 1 amide bonds. The van der Waals surface area contributed by atoms with Gasteiger partial charge in [0, 0.05) is 25.1 Å². The number of halogens is 1. The summed E-state index contributed by atoms with van der Waals surface area (Å²) in [4.78, 5) is 22.8. The van der Waals surface area contributed by atoms with Crippen molar-refractivity contribution in [3.8, 4) is 5.75 Å². The molecule has 22 heavy (non-hydrogen) atoms. The van der Waals surface area contributed by atoms with E-state index in [4.69, 9.17) is 9.88 Å². The van der Waals surface area contributed by atoms with E-state index in [1.165, 1.54) is 7.11 Å². The van der Waals surface area contributed by atoms with Gasteiger partial charge in [-0.2, -0.15) is 4.39 Å². The maximum atomic E-state index is 13.6. The highest BCUT2D eigenvalue weighted by atomic mass is 32.2. The highest BCUT2D eigenvalue weighted by Gasteiger charge is 2.39. The molecule has 0 aliphatic carbocycles. The predicted molar refractivity (Wildman–Crippen MR) is 73.5 cm³/mol. The average Bonchev–Trinajstić information content (AvgIpc) is 2.80. The zero-order valence-electron chi connectivity index (χ0n) is 11.4. The van der Waals surface area contributed by atoms with Crippen molar-refractivity contribution in [2.75, 3.05) is 18.6 Å². The lowest BCUT2D eigenvalue weighted by Gasteiger charge is -2.19. The quantitative estimate of drug-likeness (QED) is 0.615. The van der Waals surface area contributed by atoms with Crippen LogP contribution in [0.4, 0.5) is 15.8 Å². The summed E-state index contributed by atoms with van der Waals surface area (Å²) < 4.78 is 41.2. The molecule has 1 unspecified atom stereocenters. The molecule has 0 radical (unpaired) electrons. The van der Waals surface area contributed by atoms with Gasteiger partial charge < -0.3 is 9.64 Å². The number of hydrogen-bond donors (Lipinski definition) is 1. The molecule has 0 bridgehead atoms. The van der Waals surface area contributed by atoms with Crippen LogP contribution in [-0.4, -0.2) is 38.2 Å². The third-order valence-corrected chi connectivity index (χ3v) is 4.53. The summed E-state index contributed by atoms with van der Waals surface area (Å²) in [6, 6.07) is 1.60. The van der Waals surface area contributed by atoms with E-state index >= 15 is 0 Å². The number of sulfonamides is 1. The lowest BCUT2D eigenvalue weighted by Crippen LogP contribution is -2.32. The first-order chi connectivity index (χ1) is 10.1. The second kappa shape index (κ2) is 5.50. The van der Waals surface area contributed by atoms with Crippen molar-refractivity contribution in [1.82, 2.24) is 0 Å². The number of nitrogens with zero attached hydrogens (tertiary/aromatic N) is 2. The minimum absolute atomic E-state index is 0.0771. The Morgan fingerprint density at radius 2 is 2.14 bits per heavy atom. The van der Waals surface area contributed by atoms with Gasteiger partial charge in [0.25, 0.3) is 0 Å². The number of ether oxygens (including phenoxy) is 1. The first kappa shape index (κ1) is 16.1. The van der Waals surface area contributed by atoms with Crippen LogP contribution in [0.1, 0.15) is 6.42 Å². The van der Waals surface area contributed by atoms with E-state index in [0.29, 0.717) is 0 Å². The lowest BCUT2D eigenvalue weighted by molar-refractivity contribution is -0.387. The van der Waals surface area contributed by atoms with Crippen LogP contribution in [0.3, 0.4) is 0 Å². The number of nitro benzene ring substituents is 1. The van der Waals surface area contributed by atoms with E-state index < -0.39 is 37.6 Å². The summed E-state index contributed by atoms with van der Waals surface area (Å²) in [5.74, 6) is -1.84. The second-order valence-electron chi connectivity index (χ2n) is 4.65. The average molecular weight is 333 g/mol. The Morgan fingerprint density at radius 1 is 1.50 bits per heavy atom. The molecule has 1 aliphatic rings. The van der Waals surface area contributed by atoms with E-state index in [1.807, 2.05) is 0 Å². The van der Waals surface area contributed by atoms with Gasteiger partial charge in [-0.1, -0.05) is 0 Å². The molecule has 1 aliphatic heterocycles. The van der Waals surface area contributed by atoms with Gasteiger partial charge in [0.05, 0.1) is 17.7 Å². The number of anilines is 1. The molecule has 11 heteroatoms. The predicted octanol–water partition coefficient (Wildman–Crippen LogP) is 0.136. The van der Waals surface area contributed by atoms with Crippen molar-refractivity contribution in [2.45, 2.75) is 11.7 Å². The molecular formula is C11H12FN3O6S. The number of benzene rings is 1. The molecular weight excluding hydrogens is 321 g/mol. The molecule has 1 aromatic rings. The van der Waals surface area contributed by atoms with Crippen LogP contribution >= 0.6 is 0 Å². The number of amides is 1. The first-order valence-electron chi connectivity index (χ1n) is 5.99. The zero-order valence-corrected chi connectivity index (χ0v) is 12.2. The van der Waals surface area contributed by atoms with Crippen LogP contribution in [0.2, 0.25) is 0 Å². The number of carbonyl (C=O) groups is 1. The smallest absolute Gasteiger partial charge is 0.307 e. The molecule has 9 nitrogen and oxygen atoms in total. The third-order valence-electron chi connectivity index (χ3n) is 3.29. The monoisotopic (exact) mass is 333 g/mol. The molecule has 0 aromatic heterocycles. The van der Waals surface area contributed by atoms with Crippen molar-refractivity contribution in [1.29, 1.82) is 0 Å². The molecule has 2 rings (SSSR count). The van der Waals surface area contributed by atoms with Crippen LogP contribution in [0.5, 0.6) is 5.75 Å². The van der Waals surface area contributed by atoms with Crippen LogP contribution in [-0.2, 0) is 14.8 Å². The van der Waals surface area contributed by atoms with Gasteiger partial charge >= 0.3 is 5.69 Å². The lowest BCUT2D eigenvalue weighted by atomic mass is 10.2. The van der Waals surface area contributed by atoms with Gasteiger partial charge in [-0.05, 0) is 0 Å². The van der Waals surface area contributed by atoms with Crippen molar-refractivity contribution >= 4 is 27.3 Å². The highest BCUT2D eigenvalue weighted by molar-refractivity contribution is 7.89. The second-order valence-corrected chi connectivity index (χ2v) is 6.50. The molecule has 2 N–H and O–H groups in total. The number of carbonyl (C=O) groups excluding carboxylic acids is 1. The zero-order chi connectivity index (χ0) is 16.7. The topological polar surface area (TPSA) is 133 Å². The number of rotatable bonds is 4. The number of nitro groups is 1. The Labute approximate surface area is 124 Å². The maximum absolute atomic E-state index is 13.6. The largest absolute Gasteiger partial charge is 0.494 e. The van der Waals surface area contributed by atoms with Crippen molar-refractivity contribution in [3.05, 3.63) is 28.1 Å². The van der Waals surface area contributed by atoms with E-state index in [9.17, 15) is 27.7 Å². The molecule has 1 aromatic carbocycles. The van der Waals surface area contributed by atoms with Gasteiger partial charge in [0.15, 0.2) is 0 Å². The normalized spacial score (nSPS) is 18.6. The van der Waals surface area contributed by atoms with Gasteiger partial charge in [-0.25, -0.2) is 13.6 Å². The van der Waals surface area contributed by atoms with E-state index in [2.05, 4.69) is 0 Å². The van der Waals surface area contributed by atoms with E-state index in [1.54, 1.807) is 0 Å². The fourth-order valence-corrected chi connectivity index (χ4v) is 2.91. The minimum atomic E-state index is -3.94. The van der Waals surface area contributed by atoms with E-state index in [-0.39, 0.29) is 24.4 Å². The Bertz CT molecular complexity index is 750. The number of methoxy groups -OCH3 is 1. The van der Waals surface area contributed by atoms with Crippen molar-refractivity contribution < 1.29 is 27.3 Å². The van der Waals surface area contributed by atoms with Crippen LogP contribution in [0.15, 0.2) is 12.1 Å². The fourth-order valence-electron chi connectivity index (χ4n) is 2.17. The molecule has 120 valence electrons. The number of primary sulfonamides is 1. The SMILES string of the molecule is COc1cc(F)c([N+](=O)[O-])cc1N1CC(S(N)(=O)=O)CC1=O.